The van der Waals surface area contributed by atoms with Crippen LogP contribution in [0.3, 0.4) is 0 Å². The molecule has 2 spiro atoms. The zero-order chi connectivity index (χ0) is 22.2. The highest BCUT2D eigenvalue weighted by molar-refractivity contribution is 5.92. The van der Waals surface area contributed by atoms with E-state index in [4.69, 9.17) is 14.2 Å². The van der Waals surface area contributed by atoms with Crippen molar-refractivity contribution < 1.29 is 49.0 Å². The first-order chi connectivity index (χ1) is 13.7. The molecule has 10 nitrogen and oxygen atoms in total. The van der Waals surface area contributed by atoms with Crippen LogP contribution in [0.1, 0.15) is 40.5 Å². The molecule has 0 radical (unpaired) electrons. The van der Waals surface area contributed by atoms with Crippen LogP contribution in [0.2, 0.25) is 0 Å². The highest BCUT2D eigenvalue weighted by Crippen LogP contribution is 2.83. The Morgan fingerprint density at radius 3 is 2.40 bits per heavy atom. The van der Waals surface area contributed by atoms with Crippen molar-refractivity contribution in [3.05, 3.63) is 0 Å². The Morgan fingerprint density at radius 1 is 1.20 bits per heavy atom. The summed E-state index contributed by atoms with van der Waals surface area (Å²) in [5.41, 5.74) is -8.33. The van der Waals surface area contributed by atoms with Crippen LogP contribution in [0.5, 0.6) is 0 Å². The van der Waals surface area contributed by atoms with Crippen molar-refractivity contribution >= 4 is 17.9 Å². The molecule has 0 bridgehead atoms. The second-order valence-electron chi connectivity index (χ2n) is 10.5. The van der Waals surface area contributed by atoms with Gasteiger partial charge in [-0.25, -0.2) is 9.59 Å². The van der Waals surface area contributed by atoms with Crippen molar-refractivity contribution in [1.29, 1.82) is 0 Å². The maximum absolute atomic E-state index is 13.3. The van der Waals surface area contributed by atoms with E-state index in [2.05, 4.69) is 0 Å². The summed E-state index contributed by atoms with van der Waals surface area (Å²) in [6.07, 6.45) is -5.60. The standard InChI is InChI=1S/C20H26O10/c1-7(12(23)24)19(27)9(21)6-17-10-5-8(16(2,3)4)18(17)11(22)13(25)29-15(18)30-20(17,19)14(26)28-10/h7-11,15,21-22,27H,5-6H2,1-4H3,(H,23,24)/t7-,8+,9+,10?,11+,15?,17?,18?,19-,20?/m1/s1. The SMILES string of the molecule is C[C@H](C(=O)O)[C@@]1(O)[C@@H](O)CC23C4C[C@@H](C(C)(C)C)C25C(OC(=O)[C@@H]5O)OC31C(=O)O4. The lowest BCUT2D eigenvalue weighted by atomic mass is 9.51. The Morgan fingerprint density at radius 2 is 1.83 bits per heavy atom. The fourth-order valence-corrected chi connectivity index (χ4v) is 7.72. The summed E-state index contributed by atoms with van der Waals surface area (Å²) < 4.78 is 17.0. The summed E-state index contributed by atoms with van der Waals surface area (Å²) >= 11 is 0. The predicted octanol–water partition coefficient (Wildman–Crippen LogP) is -0.820. The molecule has 5 rings (SSSR count). The zero-order valence-corrected chi connectivity index (χ0v) is 17.1. The number of carboxylic acid groups (broad SMARTS) is 1. The second-order valence-corrected chi connectivity index (χ2v) is 10.5. The van der Waals surface area contributed by atoms with E-state index in [9.17, 15) is 34.8 Å². The number of carboxylic acids is 1. The Kier molecular flexibility index (Phi) is 3.48. The monoisotopic (exact) mass is 426 g/mol. The van der Waals surface area contributed by atoms with Gasteiger partial charge >= 0.3 is 17.9 Å². The Balaban J connectivity index is 1.85. The van der Waals surface area contributed by atoms with Gasteiger partial charge in [-0.3, -0.25) is 4.79 Å². The van der Waals surface area contributed by atoms with Crippen LogP contribution in [-0.2, 0) is 28.6 Å². The molecule has 3 aliphatic heterocycles. The van der Waals surface area contributed by atoms with Crippen molar-refractivity contribution in [3.63, 3.8) is 0 Å². The third kappa shape index (κ3) is 1.57. The van der Waals surface area contributed by atoms with Crippen LogP contribution in [0.25, 0.3) is 0 Å². The largest absolute Gasteiger partial charge is 0.481 e. The molecule has 5 unspecified atom stereocenters. The summed E-state index contributed by atoms with van der Waals surface area (Å²) in [6, 6.07) is 0. The minimum atomic E-state index is -2.54. The van der Waals surface area contributed by atoms with E-state index in [0.29, 0.717) is 0 Å². The molecule has 2 saturated carbocycles. The maximum Gasteiger partial charge on any atom is 0.342 e. The van der Waals surface area contributed by atoms with Gasteiger partial charge in [0.05, 0.1) is 22.9 Å². The molecule has 0 aromatic carbocycles. The first-order valence-corrected chi connectivity index (χ1v) is 10.1. The average molecular weight is 426 g/mol. The summed E-state index contributed by atoms with van der Waals surface area (Å²) in [7, 11) is 0. The molecule has 0 aromatic heterocycles. The Labute approximate surface area is 172 Å². The van der Waals surface area contributed by atoms with Crippen molar-refractivity contribution in [2.75, 3.05) is 0 Å². The summed E-state index contributed by atoms with van der Waals surface area (Å²) in [5, 5.41) is 43.5. The molecule has 10 atom stereocenters. The number of ether oxygens (including phenoxy) is 3. The van der Waals surface area contributed by atoms with Gasteiger partial charge in [-0.15, -0.1) is 0 Å². The first kappa shape index (κ1) is 20.2. The van der Waals surface area contributed by atoms with Gasteiger partial charge in [-0.2, -0.15) is 0 Å². The lowest BCUT2D eigenvalue weighted by molar-refractivity contribution is -0.253. The highest BCUT2D eigenvalue weighted by Gasteiger charge is 2.99. The average Bonchev–Trinajstić information content (AvgIpc) is 3.28. The fourth-order valence-electron chi connectivity index (χ4n) is 7.72. The molecular formula is C20H26O10. The topological polar surface area (TPSA) is 160 Å². The van der Waals surface area contributed by atoms with E-state index in [0.717, 1.165) is 0 Å². The first-order valence-electron chi connectivity index (χ1n) is 10.1. The van der Waals surface area contributed by atoms with Gasteiger partial charge < -0.3 is 34.6 Å². The maximum atomic E-state index is 13.3. The van der Waals surface area contributed by atoms with E-state index in [-0.39, 0.29) is 12.8 Å². The third-order valence-corrected chi connectivity index (χ3v) is 8.75. The lowest BCUT2D eigenvalue weighted by Crippen LogP contribution is -2.68. The van der Waals surface area contributed by atoms with Gasteiger partial charge in [0.15, 0.2) is 6.10 Å². The number of rotatable bonds is 2. The van der Waals surface area contributed by atoms with Crippen LogP contribution >= 0.6 is 0 Å². The van der Waals surface area contributed by atoms with E-state index >= 15 is 0 Å². The van der Waals surface area contributed by atoms with Gasteiger partial charge in [0, 0.05) is 0 Å². The van der Waals surface area contributed by atoms with Crippen molar-refractivity contribution in [1.82, 2.24) is 0 Å². The number of esters is 2. The van der Waals surface area contributed by atoms with Gasteiger partial charge in [-0.1, -0.05) is 20.8 Å². The molecule has 166 valence electrons. The molecule has 3 saturated heterocycles. The Hall–Kier alpha value is -1.75. The number of carbonyl (C=O) groups is 3. The fraction of sp³-hybridized carbons (Fsp3) is 0.850. The number of carbonyl (C=O) groups excluding carboxylic acids is 2. The van der Waals surface area contributed by atoms with Crippen molar-refractivity contribution in [2.45, 2.75) is 76.3 Å². The van der Waals surface area contributed by atoms with Crippen molar-refractivity contribution in [3.8, 4) is 0 Å². The molecule has 0 aromatic rings. The number of hydrogen-bond acceptors (Lipinski definition) is 9. The Bertz CT molecular complexity index is 879. The summed E-state index contributed by atoms with van der Waals surface area (Å²) in [6.45, 7) is 6.92. The van der Waals surface area contributed by atoms with Crippen LogP contribution < -0.4 is 0 Å². The number of aliphatic hydroxyl groups excluding tert-OH is 2. The van der Waals surface area contributed by atoms with Crippen LogP contribution in [0, 0.1) is 28.1 Å². The molecule has 0 amide bonds. The second kappa shape index (κ2) is 5.17. The normalized spacial score (nSPS) is 54.4. The van der Waals surface area contributed by atoms with Gasteiger partial charge in [0.2, 0.25) is 11.9 Å². The van der Waals surface area contributed by atoms with Crippen LogP contribution in [-0.4, -0.2) is 74.1 Å². The van der Waals surface area contributed by atoms with Gasteiger partial charge in [0.25, 0.3) is 0 Å². The molecule has 3 heterocycles. The summed E-state index contributed by atoms with van der Waals surface area (Å²) in [5.74, 6) is -5.38. The third-order valence-electron chi connectivity index (χ3n) is 8.75. The quantitative estimate of drug-likeness (QED) is 0.411. The number of hydrogen-bond donors (Lipinski definition) is 4. The number of aliphatic hydroxyl groups is 3. The minimum Gasteiger partial charge on any atom is -0.481 e. The van der Waals surface area contributed by atoms with Crippen LogP contribution in [0.4, 0.5) is 0 Å². The van der Waals surface area contributed by atoms with Crippen LogP contribution in [0.15, 0.2) is 0 Å². The van der Waals surface area contributed by atoms with E-state index < -0.39 is 81.8 Å². The lowest BCUT2D eigenvalue weighted by Gasteiger charge is -2.46. The number of aliphatic carboxylic acids is 1. The molecule has 4 N–H and O–H groups in total. The molecular weight excluding hydrogens is 400 g/mol. The highest BCUT2D eigenvalue weighted by atomic mass is 16.8. The zero-order valence-electron chi connectivity index (χ0n) is 17.1. The smallest absolute Gasteiger partial charge is 0.342 e. The molecule has 2 aliphatic carbocycles. The summed E-state index contributed by atoms with van der Waals surface area (Å²) in [4.78, 5) is 37.6. The van der Waals surface area contributed by atoms with E-state index in [1.807, 2.05) is 20.8 Å². The van der Waals surface area contributed by atoms with E-state index in [1.165, 1.54) is 6.92 Å². The predicted molar refractivity (Wildman–Crippen MR) is 94.4 cm³/mol. The minimum absolute atomic E-state index is 0.259. The van der Waals surface area contributed by atoms with Crippen molar-refractivity contribution in [2.24, 2.45) is 28.1 Å². The van der Waals surface area contributed by atoms with Gasteiger partial charge in [0.1, 0.15) is 11.7 Å². The molecule has 30 heavy (non-hydrogen) atoms. The van der Waals surface area contributed by atoms with Gasteiger partial charge in [-0.05, 0) is 31.1 Å². The molecule has 10 heteroatoms. The molecule has 5 aliphatic rings. The van der Waals surface area contributed by atoms with E-state index in [1.54, 1.807) is 0 Å². The molecule has 5 fully saturated rings.